The zero-order chi connectivity index (χ0) is 36.9. The lowest BCUT2D eigenvalue weighted by Crippen LogP contribution is -2.30. The van der Waals surface area contributed by atoms with Gasteiger partial charge in [-0.3, -0.25) is 14.4 Å². The van der Waals surface area contributed by atoms with Gasteiger partial charge in [-0.2, -0.15) is 0 Å². The van der Waals surface area contributed by atoms with Gasteiger partial charge >= 0.3 is 17.9 Å². The summed E-state index contributed by atoms with van der Waals surface area (Å²) in [6, 6.07) is 0. The highest BCUT2D eigenvalue weighted by atomic mass is 16.6. The van der Waals surface area contributed by atoms with Crippen molar-refractivity contribution >= 4 is 17.9 Å². The molecule has 0 aliphatic rings. The Kier molecular flexibility index (Phi) is 36.0. The molecule has 0 radical (unpaired) electrons. The summed E-state index contributed by atoms with van der Waals surface area (Å²) in [5.41, 5.74) is 0. The molecule has 0 bridgehead atoms. The second kappa shape index (κ2) is 37.2. The van der Waals surface area contributed by atoms with Gasteiger partial charge in [-0.05, 0) is 31.1 Å². The van der Waals surface area contributed by atoms with Gasteiger partial charge in [0.05, 0.1) is 0 Å². The maximum atomic E-state index is 12.7. The molecule has 0 saturated carbocycles. The van der Waals surface area contributed by atoms with E-state index in [4.69, 9.17) is 14.2 Å². The Morgan fingerprint density at radius 3 is 1.14 bits per heavy atom. The summed E-state index contributed by atoms with van der Waals surface area (Å²) < 4.78 is 16.7. The minimum atomic E-state index is -0.760. The molecule has 50 heavy (non-hydrogen) atoms. The Morgan fingerprint density at radius 2 is 0.760 bits per heavy atom. The fraction of sp³-hybridized carbons (Fsp3) is 0.932. The van der Waals surface area contributed by atoms with Crippen molar-refractivity contribution in [3.8, 4) is 0 Å². The molecular formula is C44H84O6. The summed E-state index contributed by atoms with van der Waals surface area (Å²) in [4.78, 5) is 37.6. The fourth-order valence-electron chi connectivity index (χ4n) is 6.37. The van der Waals surface area contributed by atoms with Gasteiger partial charge in [0.25, 0.3) is 0 Å². The van der Waals surface area contributed by atoms with Crippen molar-refractivity contribution in [1.29, 1.82) is 0 Å². The standard InChI is InChI=1S/C44H84O6/c1-6-8-9-10-11-12-13-14-19-26-31-36-44(47)50-41(38-49-43(46)35-30-25-21-20-23-28-33-40(5)7-2)37-48-42(45)34-29-24-18-16-15-17-22-27-32-39(3)4/h39-41H,6-38H2,1-5H3/t40?,41-/m1/s1. The number of hydrogen-bond acceptors (Lipinski definition) is 6. The first-order chi connectivity index (χ1) is 24.3. The molecule has 0 saturated heterocycles. The summed E-state index contributed by atoms with van der Waals surface area (Å²) in [5, 5.41) is 0. The van der Waals surface area contributed by atoms with E-state index in [2.05, 4.69) is 34.6 Å². The predicted molar refractivity (Wildman–Crippen MR) is 210 cm³/mol. The maximum absolute atomic E-state index is 12.7. The molecule has 0 rings (SSSR count). The van der Waals surface area contributed by atoms with E-state index in [1.54, 1.807) is 0 Å². The summed E-state index contributed by atoms with van der Waals surface area (Å²) >= 11 is 0. The second-order valence-electron chi connectivity index (χ2n) is 15.7. The quantitative estimate of drug-likeness (QED) is 0.0361. The molecule has 0 aliphatic carbocycles. The Balaban J connectivity index is 4.36. The summed E-state index contributed by atoms with van der Waals surface area (Å²) in [7, 11) is 0. The number of carbonyl (C=O) groups excluding carboxylic acids is 3. The lowest BCUT2D eigenvalue weighted by molar-refractivity contribution is -0.167. The zero-order valence-electron chi connectivity index (χ0n) is 34.0. The molecule has 6 heteroatoms. The Bertz CT molecular complexity index is 766. The van der Waals surface area contributed by atoms with Crippen LogP contribution in [0.15, 0.2) is 0 Å². The molecule has 6 nitrogen and oxygen atoms in total. The molecule has 0 aromatic heterocycles. The molecule has 1 unspecified atom stereocenters. The van der Waals surface area contributed by atoms with Crippen molar-refractivity contribution < 1.29 is 28.6 Å². The van der Waals surface area contributed by atoms with Gasteiger partial charge in [-0.1, -0.05) is 195 Å². The summed E-state index contributed by atoms with van der Waals surface area (Å²) in [6.45, 7) is 11.3. The van der Waals surface area contributed by atoms with Crippen LogP contribution in [0.4, 0.5) is 0 Å². The lowest BCUT2D eigenvalue weighted by atomic mass is 10.00. The third kappa shape index (κ3) is 36.2. The first-order valence-electron chi connectivity index (χ1n) is 21.8. The van der Waals surface area contributed by atoms with Gasteiger partial charge in [0.2, 0.25) is 0 Å². The maximum Gasteiger partial charge on any atom is 0.306 e. The number of esters is 3. The van der Waals surface area contributed by atoms with Crippen molar-refractivity contribution in [1.82, 2.24) is 0 Å². The largest absolute Gasteiger partial charge is 0.462 e. The van der Waals surface area contributed by atoms with Crippen LogP contribution in [-0.2, 0) is 28.6 Å². The average Bonchev–Trinajstić information content (AvgIpc) is 3.09. The predicted octanol–water partition coefficient (Wildman–Crippen LogP) is 13.4. The summed E-state index contributed by atoms with van der Waals surface area (Å²) in [5.74, 6) is 0.746. The summed E-state index contributed by atoms with van der Waals surface area (Å²) in [6.07, 6.45) is 33.8. The molecule has 0 aromatic rings. The molecule has 0 heterocycles. The highest BCUT2D eigenvalue weighted by Gasteiger charge is 2.19. The molecular weight excluding hydrogens is 624 g/mol. The van der Waals surface area contributed by atoms with E-state index in [1.165, 1.54) is 122 Å². The van der Waals surface area contributed by atoms with Crippen molar-refractivity contribution in [2.24, 2.45) is 11.8 Å². The van der Waals surface area contributed by atoms with Gasteiger partial charge in [-0.15, -0.1) is 0 Å². The average molecular weight is 709 g/mol. The number of ether oxygens (including phenoxy) is 3. The molecule has 0 aliphatic heterocycles. The minimum absolute atomic E-state index is 0.0663. The third-order valence-electron chi connectivity index (χ3n) is 10.1. The smallest absolute Gasteiger partial charge is 0.306 e. The van der Waals surface area contributed by atoms with Crippen LogP contribution in [-0.4, -0.2) is 37.2 Å². The van der Waals surface area contributed by atoms with Crippen molar-refractivity contribution in [3.63, 3.8) is 0 Å². The highest BCUT2D eigenvalue weighted by Crippen LogP contribution is 2.16. The van der Waals surface area contributed by atoms with E-state index in [0.29, 0.717) is 19.3 Å². The molecule has 0 aromatic carbocycles. The normalized spacial score (nSPS) is 12.6. The number of unbranched alkanes of at least 4 members (excludes halogenated alkanes) is 22. The van der Waals surface area contributed by atoms with Crippen LogP contribution >= 0.6 is 0 Å². The van der Waals surface area contributed by atoms with Crippen LogP contribution in [0, 0.1) is 11.8 Å². The lowest BCUT2D eigenvalue weighted by Gasteiger charge is -2.18. The van der Waals surface area contributed by atoms with Crippen LogP contribution in [0.3, 0.4) is 0 Å². The fourth-order valence-corrected chi connectivity index (χ4v) is 6.37. The van der Waals surface area contributed by atoms with Crippen molar-refractivity contribution in [2.45, 2.75) is 240 Å². The van der Waals surface area contributed by atoms with Crippen molar-refractivity contribution in [2.75, 3.05) is 13.2 Å². The van der Waals surface area contributed by atoms with E-state index in [1.807, 2.05) is 0 Å². The molecule has 0 spiro atoms. The van der Waals surface area contributed by atoms with Crippen LogP contribution in [0.1, 0.15) is 234 Å². The molecule has 0 amide bonds. The second-order valence-corrected chi connectivity index (χ2v) is 15.7. The van der Waals surface area contributed by atoms with Gasteiger partial charge in [-0.25, -0.2) is 0 Å². The Morgan fingerprint density at radius 1 is 0.420 bits per heavy atom. The van der Waals surface area contributed by atoms with Crippen LogP contribution in [0.2, 0.25) is 0 Å². The van der Waals surface area contributed by atoms with E-state index in [-0.39, 0.29) is 31.1 Å². The number of rotatable bonds is 38. The monoisotopic (exact) mass is 709 g/mol. The SMILES string of the molecule is CCCCCCCCCCCCCC(=O)O[C@H](COC(=O)CCCCCCCCCCC(C)C)COC(=O)CCCCCCCCC(C)CC. The van der Waals surface area contributed by atoms with Gasteiger partial charge < -0.3 is 14.2 Å². The van der Waals surface area contributed by atoms with E-state index < -0.39 is 6.10 Å². The van der Waals surface area contributed by atoms with Crippen LogP contribution < -0.4 is 0 Å². The van der Waals surface area contributed by atoms with Gasteiger partial charge in [0.15, 0.2) is 6.10 Å². The zero-order valence-corrected chi connectivity index (χ0v) is 34.0. The molecule has 296 valence electrons. The molecule has 2 atom stereocenters. The van der Waals surface area contributed by atoms with E-state index >= 15 is 0 Å². The Hall–Kier alpha value is -1.59. The van der Waals surface area contributed by atoms with Gasteiger partial charge in [0, 0.05) is 19.3 Å². The molecule has 0 N–H and O–H groups in total. The Labute approximate surface area is 310 Å². The van der Waals surface area contributed by atoms with Crippen LogP contribution in [0.25, 0.3) is 0 Å². The van der Waals surface area contributed by atoms with Gasteiger partial charge in [0.1, 0.15) is 13.2 Å². The minimum Gasteiger partial charge on any atom is -0.462 e. The first kappa shape index (κ1) is 48.4. The van der Waals surface area contributed by atoms with Crippen molar-refractivity contribution in [3.05, 3.63) is 0 Å². The molecule has 0 fully saturated rings. The highest BCUT2D eigenvalue weighted by molar-refractivity contribution is 5.71. The van der Waals surface area contributed by atoms with E-state index in [9.17, 15) is 14.4 Å². The first-order valence-corrected chi connectivity index (χ1v) is 21.8. The number of hydrogen-bond donors (Lipinski definition) is 0. The van der Waals surface area contributed by atoms with E-state index in [0.717, 1.165) is 69.6 Å². The topological polar surface area (TPSA) is 78.9 Å². The third-order valence-corrected chi connectivity index (χ3v) is 10.1. The number of carbonyl (C=O) groups is 3. The van der Waals surface area contributed by atoms with Crippen LogP contribution in [0.5, 0.6) is 0 Å².